The molecule has 0 bridgehead atoms. The Kier molecular flexibility index (Phi) is 21.1. The minimum absolute atomic E-state index is 0.00640. The largest absolute Gasteiger partial charge is 0.496 e. The molecule has 2 atom stereocenters. The van der Waals surface area contributed by atoms with Crippen LogP contribution in [0.2, 0.25) is 0 Å². The Morgan fingerprint density at radius 3 is 1.22 bits per heavy atom. The van der Waals surface area contributed by atoms with Crippen molar-refractivity contribution in [2.24, 2.45) is 0 Å². The van der Waals surface area contributed by atoms with Gasteiger partial charge in [-0.15, -0.1) is 0 Å². The number of Topliss-reactive ketones (excluding diaryl/α,β-unsaturated/α-hetero) is 1. The van der Waals surface area contributed by atoms with E-state index < -0.39 is 15.8 Å². The number of ether oxygens (including phenoxy) is 4. The van der Waals surface area contributed by atoms with Crippen molar-refractivity contribution < 1.29 is 34.0 Å². The molecule has 3 saturated heterocycles. The number of aliphatic hydroxyl groups excluding tert-OH is 2. The SMILES string of the molecule is COc1cc(P2CCC(=O)CC2(C)C)c(-c2c(C(C)C)cc(C(C)C)cc2C(C)C)cc1C.COc1cc(P2CCC3(CC2(C)C)OCCO3)c(-c2c(C(C)C)cc(C(C)C)cc2C(C)C)cc1C.OCCO. The van der Waals surface area contributed by atoms with E-state index in [2.05, 4.69) is 173 Å². The third-order valence-electron chi connectivity index (χ3n) is 15.4. The van der Waals surface area contributed by atoms with Gasteiger partial charge in [0.2, 0.25) is 0 Å². The summed E-state index contributed by atoms with van der Waals surface area (Å²) in [5, 5.41) is 18.2. The van der Waals surface area contributed by atoms with E-state index in [9.17, 15) is 4.79 Å². The molecule has 0 aromatic heterocycles. The van der Waals surface area contributed by atoms with E-state index in [1.165, 1.54) is 77.4 Å². The topological polar surface area (TPSA) is 94.5 Å². The Morgan fingerprint density at radius 2 is 0.918 bits per heavy atom. The highest BCUT2D eigenvalue weighted by molar-refractivity contribution is 7.68. The molecule has 9 heteroatoms. The van der Waals surface area contributed by atoms with Crippen LogP contribution in [-0.4, -0.2) is 85.1 Å². The number of aliphatic hydroxyl groups is 2. The molecule has 2 N–H and O–H groups in total. The minimum atomic E-state index is -0.500. The molecule has 4 aromatic carbocycles. The van der Waals surface area contributed by atoms with Crippen molar-refractivity contribution in [3.05, 3.63) is 93.0 Å². The fourth-order valence-corrected chi connectivity index (χ4v) is 17.8. The van der Waals surface area contributed by atoms with E-state index in [-0.39, 0.29) is 29.3 Å². The lowest BCUT2D eigenvalue weighted by atomic mass is 9.81. The summed E-state index contributed by atoms with van der Waals surface area (Å²) in [6, 6.07) is 19.3. The first kappa shape index (κ1) is 60.7. The molecule has 2 unspecified atom stereocenters. The molecule has 3 fully saturated rings. The average Bonchev–Trinajstić information content (AvgIpc) is 3.77. The summed E-state index contributed by atoms with van der Waals surface area (Å²) in [4.78, 5) is 12.4. The van der Waals surface area contributed by atoms with Crippen molar-refractivity contribution >= 4 is 32.2 Å². The van der Waals surface area contributed by atoms with Gasteiger partial charge in [0.1, 0.15) is 17.3 Å². The maximum atomic E-state index is 12.4. The molecule has 0 radical (unpaired) electrons. The van der Waals surface area contributed by atoms with Crippen LogP contribution in [0.15, 0.2) is 48.5 Å². The van der Waals surface area contributed by atoms with E-state index in [0.29, 0.717) is 54.1 Å². The van der Waals surface area contributed by atoms with Crippen molar-refractivity contribution in [2.75, 3.05) is 53.0 Å². The van der Waals surface area contributed by atoms with E-state index in [4.69, 9.17) is 29.2 Å². The van der Waals surface area contributed by atoms with Gasteiger partial charge >= 0.3 is 0 Å². The quantitative estimate of drug-likeness (QED) is 0.129. The predicted molar refractivity (Wildman–Crippen MR) is 314 cm³/mol. The second kappa shape index (κ2) is 25.3. The summed E-state index contributed by atoms with van der Waals surface area (Å²) in [5.74, 6) is 4.74. The number of rotatable bonds is 13. The molecule has 4 aromatic rings. The molecule has 3 heterocycles. The fraction of sp³-hybridized carbons (Fsp3) is 0.609. The van der Waals surface area contributed by atoms with Gasteiger partial charge in [-0.05, 0) is 174 Å². The number of aryl methyl sites for hydroxylation is 2. The number of carbonyl (C=O) groups is 1. The monoisotopic (exact) mass is 1040 g/mol. The molecule has 73 heavy (non-hydrogen) atoms. The normalized spacial score (nSPS) is 19.2. The number of hydrogen-bond acceptors (Lipinski definition) is 7. The third kappa shape index (κ3) is 13.9. The van der Waals surface area contributed by atoms with Crippen molar-refractivity contribution in [3.8, 4) is 33.8 Å². The van der Waals surface area contributed by atoms with Crippen molar-refractivity contribution in [3.63, 3.8) is 0 Å². The number of carbonyl (C=O) groups excluding carboxylic acids is 1. The Labute approximate surface area is 445 Å². The molecule has 7 rings (SSSR count). The van der Waals surface area contributed by atoms with Gasteiger partial charge in [0.05, 0.1) is 40.6 Å². The van der Waals surface area contributed by atoms with Crippen LogP contribution in [0.25, 0.3) is 22.3 Å². The summed E-state index contributed by atoms with van der Waals surface area (Å²) in [6.45, 7) is 42.8. The summed E-state index contributed by atoms with van der Waals surface area (Å²) in [6.07, 6.45) is 5.37. The van der Waals surface area contributed by atoms with Gasteiger partial charge in [0.15, 0.2) is 5.79 Å². The number of benzene rings is 4. The Hall–Kier alpha value is -3.15. The highest BCUT2D eigenvalue weighted by atomic mass is 31.1. The highest BCUT2D eigenvalue weighted by Gasteiger charge is 2.50. The van der Waals surface area contributed by atoms with Gasteiger partial charge in [-0.3, -0.25) is 4.79 Å². The lowest BCUT2D eigenvalue weighted by Crippen LogP contribution is -2.45. The first-order chi connectivity index (χ1) is 34.2. The molecular formula is C64H96O7P2. The molecule has 7 nitrogen and oxygen atoms in total. The zero-order chi connectivity index (χ0) is 54.5. The van der Waals surface area contributed by atoms with E-state index in [1.807, 2.05) is 0 Å². The summed E-state index contributed by atoms with van der Waals surface area (Å²) >= 11 is 0. The number of ketones is 1. The third-order valence-corrected chi connectivity index (χ3v) is 21.9. The minimum Gasteiger partial charge on any atom is -0.496 e. The van der Waals surface area contributed by atoms with Crippen molar-refractivity contribution in [1.29, 1.82) is 0 Å². The molecule has 0 amide bonds. The van der Waals surface area contributed by atoms with Gasteiger partial charge in [-0.1, -0.05) is 151 Å². The van der Waals surface area contributed by atoms with Crippen LogP contribution in [0.3, 0.4) is 0 Å². The van der Waals surface area contributed by atoms with E-state index in [0.717, 1.165) is 49.9 Å². The maximum Gasteiger partial charge on any atom is 0.169 e. The van der Waals surface area contributed by atoms with Gasteiger partial charge < -0.3 is 29.2 Å². The van der Waals surface area contributed by atoms with Gasteiger partial charge in [-0.2, -0.15) is 0 Å². The summed E-state index contributed by atoms with van der Waals surface area (Å²) < 4.78 is 24.1. The summed E-state index contributed by atoms with van der Waals surface area (Å²) in [7, 11) is 2.62. The molecule has 1 spiro atoms. The molecule has 0 saturated carbocycles. The number of hydrogen-bond donors (Lipinski definition) is 2. The average molecular weight is 1040 g/mol. The first-order valence-electron chi connectivity index (χ1n) is 27.5. The lowest BCUT2D eigenvalue weighted by Gasteiger charge is -2.47. The van der Waals surface area contributed by atoms with Crippen molar-refractivity contribution in [1.82, 2.24) is 0 Å². The maximum absolute atomic E-state index is 12.4. The van der Waals surface area contributed by atoms with Crippen LogP contribution in [0, 0.1) is 13.8 Å². The first-order valence-corrected chi connectivity index (χ1v) is 30.5. The predicted octanol–water partition coefficient (Wildman–Crippen LogP) is 15.7. The van der Waals surface area contributed by atoms with Crippen LogP contribution in [0.4, 0.5) is 0 Å². The highest BCUT2D eigenvalue weighted by Crippen LogP contribution is 2.61. The smallest absolute Gasteiger partial charge is 0.169 e. The molecule has 404 valence electrons. The molecule has 3 aliphatic rings. The standard InChI is InChI=1S/C32H47O3P.C30H43O2P.C2H6O2/c1-20(2)24-16-25(21(3)4)30(26(17-24)22(5)6)27-15-23(7)28(33-10)18-29(27)36-14-11-32(19-31(36,8)9)34-12-13-35-32;1-18(2)22-14-24(19(3)4)29(25(15-22)20(5)6)26-13-21(7)27(32-10)16-28(26)33-12-11-23(31)17-30(33,8)9;3-1-2-4/h15-18,20-22H,11-14,19H2,1-10H3;13-16,18-20H,11-12,17H2,1-10H3;3-4H,1-2H2. The second-order valence-corrected chi connectivity index (χ2v) is 30.1. The Bertz CT molecular complexity index is 2450. The van der Waals surface area contributed by atoms with Crippen LogP contribution in [0.1, 0.15) is 216 Å². The van der Waals surface area contributed by atoms with Crippen LogP contribution >= 0.6 is 15.8 Å². The van der Waals surface area contributed by atoms with Gasteiger partial charge in [-0.25, -0.2) is 0 Å². The van der Waals surface area contributed by atoms with Crippen LogP contribution in [-0.2, 0) is 14.3 Å². The van der Waals surface area contributed by atoms with Crippen LogP contribution in [0.5, 0.6) is 11.5 Å². The molecule has 3 aliphatic heterocycles. The summed E-state index contributed by atoms with van der Waals surface area (Å²) in [5.41, 5.74) is 16.7. The van der Waals surface area contributed by atoms with Gasteiger partial charge in [0.25, 0.3) is 0 Å². The zero-order valence-electron chi connectivity index (χ0n) is 49.0. The second-order valence-electron chi connectivity index (χ2n) is 24.1. The van der Waals surface area contributed by atoms with Crippen molar-refractivity contribution in [2.45, 2.75) is 202 Å². The number of methoxy groups -OCH3 is 2. The Balaban J connectivity index is 0.000000253. The van der Waals surface area contributed by atoms with E-state index in [1.54, 1.807) is 14.2 Å². The van der Waals surface area contributed by atoms with Crippen LogP contribution < -0.4 is 20.1 Å². The zero-order valence-corrected chi connectivity index (χ0v) is 50.8. The Morgan fingerprint density at radius 1 is 0.548 bits per heavy atom. The lowest BCUT2D eigenvalue weighted by molar-refractivity contribution is -0.169. The fourth-order valence-electron chi connectivity index (χ4n) is 11.4. The molecular weight excluding hydrogens is 943 g/mol. The molecule has 0 aliphatic carbocycles. The van der Waals surface area contributed by atoms with Gasteiger partial charge in [0, 0.05) is 25.7 Å². The van der Waals surface area contributed by atoms with E-state index >= 15 is 0 Å².